The topological polar surface area (TPSA) is 32.5 Å². The number of likely N-dealkylation sites (N-methyl/N-ethyl adjacent to an activating group) is 1. The van der Waals surface area contributed by atoms with Crippen LogP contribution in [0.1, 0.15) is 39.5 Å². The van der Waals surface area contributed by atoms with Gasteiger partial charge in [0, 0.05) is 25.2 Å². The van der Waals surface area contributed by atoms with Crippen molar-refractivity contribution in [1.29, 1.82) is 0 Å². The van der Waals surface area contributed by atoms with Gasteiger partial charge in [-0.2, -0.15) is 0 Å². The first kappa shape index (κ1) is 14.3. The van der Waals surface area contributed by atoms with Crippen molar-refractivity contribution in [3.05, 3.63) is 0 Å². The molecule has 1 aliphatic carbocycles. The van der Waals surface area contributed by atoms with Crippen molar-refractivity contribution in [2.45, 2.75) is 51.6 Å². The lowest BCUT2D eigenvalue weighted by Gasteiger charge is -2.38. The zero-order valence-corrected chi connectivity index (χ0v) is 12.4. The van der Waals surface area contributed by atoms with Crippen LogP contribution in [-0.4, -0.2) is 55.1 Å². The third kappa shape index (κ3) is 3.69. The Labute approximate surface area is 113 Å². The zero-order valence-electron chi connectivity index (χ0n) is 12.4. The molecule has 3 nitrogen and oxygen atoms in total. The Morgan fingerprint density at radius 1 is 1.17 bits per heavy atom. The van der Waals surface area contributed by atoms with E-state index in [0.717, 1.165) is 11.8 Å². The molecule has 0 spiro atoms. The molecule has 0 aromatic carbocycles. The molecule has 0 aromatic rings. The third-order valence-corrected chi connectivity index (χ3v) is 4.96. The van der Waals surface area contributed by atoms with Gasteiger partial charge in [-0.1, -0.05) is 6.92 Å². The third-order valence-electron chi connectivity index (χ3n) is 4.96. The van der Waals surface area contributed by atoms with Gasteiger partial charge < -0.3 is 10.6 Å². The lowest BCUT2D eigenvalue weighted by atomic mass is 9.79. The van der Waals surface area contributed by atoms with Crippen LogP contribution >= 0.6 is 0 Å². The van der Waals surface area contributed by atoms with Crippen LogP contribution in [0.25, 0.3) is 0 Å². The van der Waals surface area contributed by atoms with E-state index in [1.165, 1.54) is 51.9 Å². The van der Waals surface area contributed by atoms with Crippen molar-refractivity contribution < 1.29 is 0 Å². The van der Waals surface area contributed by atoms with Crippen LogP contribution in [0.2, 0.25) is 0 Å². The van der Waals surface area contributed by atoms with E-state index in [1.54, 1.807) is 0 Å². The summed E-state index contributed by atoms with van der Waals surface area (Å²) in [5, 5.41) is 0. The summed E-state index contributed by atoms with van der Waals surface area (Å²) in [6.07, 6.45) is 5.20. The normalized spacial score (nSPS) is 40.7. The van der Waals surface area contributed by atoms with E-state index >= 15 is 0 Å². The van der Waals surface area contributed by atoms with Crippen LogP contribution in [0.15, 0.2) is 0 Å². The SMILES string of the molecule is CC1CCC(N)C(CN2CCCN(C)CC2C)C1. The maximum atomic E-state index is 6.33. The highest BCUT2D eigenvalue weighted by molar-refractivity contribution is 4.85. The van der Waals surface area contributed by atoms with E-state index in [4.69, 9.17) is 5.73 Å². The van der Waals surface area contributed by atoms with Crippen molar-refractivity contribution in [3.63, 3.8) is 0 Å². The van der Waals surface area contributed by atoms with Crippen LogP contribution in [0, 0.1) is 11.8 Å². The molecule has 1 heterocycles. The molecule has 1 saturated heterocycles. The number of nitrogens with zero attached hydrogens (tertiary/aromatic N) is 2. The molecule has 2 aliphatic rings. The van der Waals surface area contributed by atoms with Gasteiger partial charge >= 0.3 is 0 Å². The van der Waals surface area contributed by atoms with Gasteiger partial charge in [-0.05, 0) is 64.6 Å². The maximum absolute atomic E-state index is 6.33. The molecule has 0 radical (unpaired) electrons. The fourth-order valence-electron chi connectivity index (χ4n) is 3.73. The minimum absolute atomic E-state index is 0.439. The van der Waals surface area contributed by atoms with E-state index in [-0.39, 0.29) is 0 Å². The van der Waals surface area contributed by atoms with Gasteiger partial charge in [0.2, 0.25) is 0 Å². The fraction of sp³-hybridized carbons (Fsp3) is 1.00. The van der Waals surface area contributed by atoms with Crippen molar-refractivity contribution in [2.75, 3.05) is 33.2 Å². The van der Waals surface area contributed by atoms with Crippen LogP contribution in [-0.2, 0) is 0 Å². The molecule has 4 unspecified atom stereocenters. The Hall–Kier alpha value is -0.120. The first-order valence-electron chi connectivity index (χ1n) is 7.74. The van der Waals surface area contributed by atoms with Crippen LogP contribution in [0.4, 0.5) is 0 Å². The number of rotatable bonds is 2. The quantitative estimate of drug-likeness (QED) is 0.814. The molecule has 0 amide bonds. The van der Waals surface area contributed by atoms with Crippen LogP contribution in [0.3, 0.4) is 0 Å². The summed E-state index contributed by atoms with van der Waals surface area (Å²) in [6.45, 7) is 9.69. The van der Waals surface area contributed by atoms with Gasteiger partial charge in [-0.25, -0.2) is 0 Å². The minimum Gasteiger partial charge on any atom is -0.327 e. The van der Waals surface area contributed by atoms with E-state index in [1.807, 2.05) is 0 Å². The monoisotopic (exact) mass is 253 g/mol. The van der Waals surface area contributed by atoms with Gasteiger partial charge in [0.05, 0.1) is 0 Å². The molecule has 18 heavy (non-hydrogen) atoms. The largest absolute Gasteiger partial charge is 0.327 e. The molecule has 1 aliphatic heterocycles. The van der Waals surface area contributed by atoms with Gasteiger partial charge in [-0.15, -0.1) is 0 Å². The van der Waals surface area contributed by atoms with Crippen molar-refractivity contribution in [1.82, 2.24) is 9.80 Å². The molecular weight excluding hydrogens is 222 g/mol. The second-order valence-corrected chi connectivity index (χ2v) is 6.80. The van der Waals surface area contributed by atoms with Crippen LogP contribution < -0.4 is 5.73 Å². The molecule has 0 aromatic heterocycles. The Kier molecular flexibility index (Phi) is 5.05. The fourth-order valence-corrected chi connectivity index (χ4v) is 3.73. The molecule has 2 fully saturated rings. The van der Waals surface area contributed by atoms with Gasteiger partial charge in [0.25, 0.3) is 0 Å². The first-order valence-corrected chi connectivity index (χ1v) is 7.74. The minimum atomic E-state index is 0.439. The Balaban J connectivity index is 1.90. The molecular formula is C15H31N3. The van der Waals surface area contributed by atoms with E-state index in [0.29, 0.717) is 12.1 Å². The van der Waals surface area contributed by atoms with Gasteiger partial charge in [0.1, 0.15) is 0 Å². The predicted octanol–water partition coefficient (Wildman–Crippen LogP) is 1.78. The van der Waals surface area contributed by atoms with Crippen LogP contribution in [0.5, 0.6) is 0 Å². The summed E-state index contributed by atoms with van der Waals surface area (Å²) in [6, 6.07) is 1.12. The second kappa shape index (κ2) is 6.36. The highest BCUT2D eigenvalue weighted by Gasteiger charge is 2.29. The van der Waals surface area contributed by atoms with Gasteiger partial charge in [0.15, 0.2) is 0 Å². The Morgan fingerprint density at radius 3 is 2.72 bits per heavy atom. The molecule has 2 N–H and O–H groups in total. The standard InChI is InChI=1S/C15H31N3/c1-12-5-6-15(16)14(9-12)11-18-8-4-7-17(3)10-13(18)2/h12-15H,4-11,16H2,1-3H3. The van der Waals surface area contributed by atoms with Gasteiger partial charge in [-0.3, -0.25) is 4.90 Å². The Bertz CT molecular complexity index is 256. The smallest absolute Gasteiger partial charge is 0.0194 e. The number of nitrogens with two attached hydrogens (primary N) is 1. The highest BCUT2D eigenvalue weighted by Crippen LogP contribution is 2.29. The summed E-state index contributed by atoms with van der Waals surface area (Å²) in [4.78, 5) is 5.15. The molecule has 1 saturated carbocycles. The summed E-state index contributed by atoms with van der Waals surface area (Å²) in [7, 11) is 2.24. The molecule has 4 atom stereocenters. The molecule has 3 heteroatoms. The molecule has 2 rings (SSSR count). The van der Waals surface area contributed by atoms with E-state index in [9.17, 15) is 0 Å². The number of hydrogen-bond acceptors (Lipinski definition) is 3. The molecule has 0 bridgehead atoms. The lowest BCUT2D eigenvalue weighted by molar-refractivity contribution is 0.131. The Morgan fingerprint density at radius 2 is 1.94 bits per heavy atom. The summed E-state index contributed by atoms with van der Waals surface area (Å²) < 4.78 is 0. The highest BCUT2D eigenvalue weighted by atomic mass is 15.2. The summed E-state index contributed by atoms with van der Waals surface area (Å²) in [5.74, 6) is 1.60. The van der Waals surface area contributed by atoms with Crippen molar-refractivity contribution >= 4 is 0 Å². The average Bonchev–Trinajstić information content (AvgIpc) is 2.46. The first-order chi connectivity index (χ1) is 8.56. The maximum Gasteiger partial charge on any atom is 0.0194 e. The average molecular weight is 253 g/mol. The second-order valence-electron chi connectivity index (χ2n) is 6.80. The van der Waals surface area contributed by atoms with Crippen molar-refractivity contribution in [2.24, 2.45) is 17.6 Å². The van der Waals surface area contributed by atoms with E-state index < -0.39 is 0 Å². The van der Waals surface area contributed by atoms with E-state index in [2.05, 4.69) is 30.7 Å². The number of hydrogen-bond donors (Lipinski definition) is 1. The lowest BCUT2D eigenvalue weighted by Crippen LogP contribution is -2.46. The van der Waals surface area contributed by atoms with Crippen molar-refractivity contribution in [3.8, 4) is 0 Å². The predicted molar refractivity (Wildman–Crippen MR) is 77.6 cm³/mol. The summed E-state index contributed by atoms with van der Waals surface area (Å²) >= 11 is 0. The zero-order chi connectivity index (χ0) is 13.1. The molecule has 106 valence electrons. The summed E-state index contributed by atoms with van der Waals surface area (Å²) in [5.41, 5.74) is 6.33.